The minimum absolute atomic E-state index is 0.0482. The van der Waals surface area contributed by atoms with Crippen molar-refractivity contribution in [1.82, 2.24) is 4.90 Å². The van der Waals surface area contributed by atoms with Crippen LogP contribution in [0.4, 0.5) is 11.4 Å². The Morgan fingerprint density at radius 2 is 2.12 bits per heavy atom. The molecule has 2 amide bonds. The molecule has 1 saturated carbocycles. The molecule has 1 aromatic carbocycles. The standard InChI is InChI=1S/C18H26N4O3/c1-21(11-13-2-3-13)16(10-19)18(24)20-14-4-6-15(7-5-14)22-8-9-25-12-17(22)23/h4-7,13,16H,2-3,8-12,19H2,1H3,(H,20,24)/t16-/m0/s1. The Bertz CT molecular complexity index is 615. The van der Waals surface area contributed by atoms with E-state index in [2.05, 4.69) is 5.32 Å². The van der Waals surface area contributed by atoms with Gasteiger partial charge in [0.2, 0.25) is 5.91 Å². The lowest BCUT2D eigenvalue weighted by atomic mass is 10.2. The quantitative estimate of drug-likeness (QED) is 0.757. The van der Waals surface area contributed by atoms with Gasteiger partial charge in [-0.15, -0.1) is 0 Å². The molecular weight excluding hydrogens is 320 g/mol. The molecule has 3 N–H and O–H groups in total. The van der Waals surface area contributed by atoms with Crippen molar-refractivity contribution < 1.29 is 14.3 Å². The maximum atomic E-state index is 12.5. The first-order valence-corrected chi connectivity index (χ1v) is 8.78. The van der Waals surface area contributed by atoms with E-state index in [1.165, 1.54) is 12.8 Å². The molecule has 25 heavy (non-hydrogen) atoms. The number of benzene rings is 1. The van der Waals surface area contributed by atoms with Crippen LogP contribution in [0.3, 0.4) is 0 Å². The van der Waals surface area contributed by atoms with Gasteiger partial charge in [-0.1, -0.05) is 0 Å². The molecule has 136 valence electrons. The van der Waals surface area contributed by atoms with Crippen molar-refractivity contribution in [2.24, 2.45) is 11.7 Å². The van der Waals surface area contributed by atoms with Crippen LogP contribution < -0.4 is 16.0 Å². The van der Waals surface area contributed by atoms with Crippen LogP contribution in [0.25, 0.3) is 0 Å². The van der Waals surface area contributed by atoms with Crippen LogP contribution in [0.2, 0.25) is 0 Å². The summed E-state index contributed by atoms with van der Waals surface area (Å²) >= 11 is 0. The van der Waals surface area contributed by atoms with E-state index >= 15 is 0 Å². The third-order valence-electron chi connectivity index (χ3n) is 4.73. The van der Waals surface area contributed by atoms with Crippen LogP contribution in [-0.4, -0.2) is 62.7 Å². The maximum Gasteiger partial charge on any atom is 0.253 e. The first kappa shape index (κ1) is 17.8. The van der Waals surface area contributed by atoms with Gasteiger partial charge >= 0.3 is 0 Å². The summed E-state index contributed by atoms with van der Waals surface area (Å²) in [7, 11) is 1.95. The molecule has 1 aromatic rings. The number of morpholine rings is 1. The van der Waals surface area contributed by atoms with Gasteiger partial charge in [0.1, 0.15) is 12.6 Å². The minimum Gasteiger partial charge on any atom is -0.370 e. The molecule has 1 heterocycles. The smallest absolute Gasteiger partial charge is 0.253 e. The van der Waals surface area contributed by atoms with Crippen molar-refractivity contribution in [2.75, 3.05) is 50.1 Å². The van der Waals surface area contributed by atoms with Crippen molar-refractivity contribution in [1.29, 1.82) is 0 Å². The molecule has 0 radical (unpaired) electrons. The molecule has 7 heteroatoms. The number of likely N-dealkylation sites (N-methyl/N-ethyl adjacent to an activating group) is 1. The van der Waals surface area contributed by atoms with E-state index in [-0.39, 0.29) is 31.0 Å². The van der Waals surface area contributed by atoms with Crippen LogP contribution in [0.15, 0.2) is 24.3 Å². The van der Waals surface area contributed by atoms with E-state index in [1.807, 2.05) is 36.2 Å². The Labute approximate surface area is 148 Å². The van der Waals surface area contributed by atoms with Crippen LogP contribution in [0.5, 0.6) is 0 Å². The number of carbonyl (C=O) groups is 2. The Morgan fingerprint density at radius 1 is 1.40 bits per heavy atom. The normalized spacial score (nSPS) is 19.2. The lowest BCUT2D eigenvalue weighted by Gasteiger charge is -2.27. The van der Waals surface area contributed by atoms with Crippen molar-refractivity contribution >= 4 is 23.2 Å². The number of ether oxygens (including phenoxy) is 1. The first-order chi connectivity index (χ1) is 12.1. The summed E-state index contributed by atoms with van der Waals surface area (Å²) in [5.74, 6) is 0.561. The molecule has 0 spiro atoms. The van der Waals surface area contributed by atoms with Gasteiger partial charge in [-0.2, -0.15) is 0 Å². The van der Waals surface area contributed by atoms with E-state index in [9.17, 15) is 9.59 Å². The topological polar surface area (TPSA) is 87.9 Å². The average Bonchev–Trinajstić information content (AvgIpc) is 3.41. The number of anilines is 2. The molecule has 1 atom stereocenters. The molecule has 0 bridgehead atoms. The van der Waals surface area contributed by atoms with Crippen molar-refractivity contribution in [3.8, 4) is 0 Å². The van der Waals surface area contributed by atoms with Crippen molar-refractivity contribution in [3.05, 3.63) is 24.3 Å². The van der Waals surface area contributed by atoms with Gasteiger partial charge in [0.05, 0.1) is 6.61 Å². The second-order valence-electron chi connectivity index (χ2n) is 6.77. The van der Waals surface area contributed by atoms with Crippen LogP contribution in [0, 0.1) is 5.92 Å². The van der Waals surface area contributed by atoms with Gasteiger partial charge in [0, 0.05) is 31.0 Å². The summed E-state index contributed by atoms with van der Waals surface area (Å²) in [6.45, 7) is 2.40. The van der Waals surface area contributed by atoms with E-state index < -0.39 is 0 Å². The average molecular weight is 346 g/mol. The summed E-state index contributed by atoms with van der Waals surface area (Å²) in [5, 5.41) is 2.92. The predicted molar refractivity (Wildman–Crippen MR) is 96.4 cm³/mol. The highest BCUT2D eigenvalue weighted by Crippen LogP contribution is 2.29. The summed E-state index contributed by atoms with van der Waals surface area (Å²) in [4.78, 5) is 28.1. The van der Waals surface area contributed by atoms with Gasteiger partial charge < -0.3 is 20.7 Å². The molecule has 2 aliphatic rings. The molecule has 0 aromatic heterocycles. The van der Waals surface area contributed by atoms with E-state index in [4.69, 9.17) is 10.5 Å². The summed E-state index contributed by atoms with van der Waals surface area (Å²) < 4.78 is 5.14. The van der Waals surface area contributed by atoms with Gasteiger partial charge in [-0.05, 0) is 50.1 Å². The number of nitrogens with two attached hydrogens (primary N) is 1. The zero-order valence-electron chi connectivity index (χ0n) is 14.6. The van der Waals surface area contributed by atoms with Crippen LogP contribution in [0.1, 0.15) is 12.8 Å². The lowest BCUT2D eigenvalue weighted by molar-refractivity contribution is -0.125. The Balaban J connectivity index is 1.59. The molecule has 2 fully saturated rings. The Hall–Kier alpha value is -1.96. The van der Waals surface area contributed by atoms with E-state index in [1.54, 1.807) is 4.90 Å². The zero-order valence-corrected chi connectivity index (χ0v) is 14.6. The summed E-state index contributed by atoms with van der Waals surface area (Å²) in [6.07, 6.45) is 2.48. The maximum absolute atomic E-state index is 12.5. The Morgan fingerprint density at radius 3 is 2.72 bits per heavy atom. The van der Waals surface area contributed by atoms with Gasteiger partial charge in [-0.3, -0.25) is 14.5 Å². The van der Waals surface area contributed by atoms with Crippen LogP contribution >= 0.6 is 0 Å². The second kappa shape index (κ2) is 7.95. The van der Waals surface area contributed by atoms with E-state index in [0.29, 0.717) is 24.8 Å². The number of hydrogen-bond donors (Lipinski definition) is 2. The molecule has 1 aliphatic heterocycles. The number of amides is 2. The monoisotopic (exact) mass is 346 g/mol. The first-order valence-electron chi connectivity index (χ1n) is 8.78. The predicted octanol–water partition coefficient (Wildman–Crippen LogP) is 0.657. The van der Waals surface area contributed by atoms with Crippen molar-refractivity contribution in [2.45, 2.75) is 18.9 Å². The van der Waals surface area contributed by atoms with Crippen molar-refractivity contribution in [3.63, 3.8) is 0 Å². The second-order valence-corrected chi connectivity index (χ2v) is 6.77. The fraction of sp³-hybridized carbons (Fsp3) is 0.556. The number of nitrogens with zero attached hydrogens (tertiary/aromatic N) is 2. The molecule has 1 aliphatic carbocycles. The molecular formula is C18H26N4O3. The fourth-order valence-electron chi connectivity index (χ4n) is 3.06. The highest BCUT2D eigenvalue weighted by Gasteiger charge is 2.28. The van der Waals surface area contributed by atoms with Crippen LogP contribution in [-0.2, 0) is 14.3 Å². The SMILES string of the molecule is CN(CC1CC1)[C@@H](CN)C(=O)Nc1ccc(N2CCOCC2=O)cc1. The fourth-order valence-corrected chi connectivity index (χ4v) is 3.06. The molecule has 1 saturated heterocycles. The third-order valence-corrected chi connectivity index (χ3v) is 4.73. The molecule has 0 unspecified atom stereocenters. The van der Waals surface area contributed by atoms with Gasteiger partial charge in [-0.25, -0.2) is 0 Å². The lowest BCUT2D eigenvalue weighted by Crippen LogP contribution is -2.47. The number of rotatable bonds is 7. The largest absolute Gasteiger partial charge is 0.370 e. The number of carbonyl (C=O) groups excluding carboxylic acids is 2. The number of nitrogens with one attached hydrogen (secondary N) is 1. The molecule has 3 rings (SSSR count). The van der Waals surface area contributed by atoms with Gasteiger partial charge in [0.25, 0.3) is 5.91 Å². The zero-order chi connectivity index (χ0) is 17.8. The highest BCUT2D eigenvalue weighted by molar-refractivity contribution is 5.97. The summed E-state index contributed by atoms with van der Waals surface area (Å²) in [6, 6.07) is 6.96. The number of hydrogen-bond acceptors (Lipinski definition) is 5. The van der Waals surface area contributed by atoms with E-state index in [0.717, 1.165) is 12.2 Å². The highest BCUT2D eigenvalue weighted by atomic mass is 16.5. The third kappa shape index (κ3) is 4.56. The van der Waals surface area contributed by atoms with Gasteiger partial charge in [0.15, 0.2) is 0 Å². The molecule has 7 nitrogen and oxygen atoms in total. The summed E-state index contributed by atoms with van der Waals surface area (Å²) in [5.41, 5.74) is 7.32. The minimum atomic E-state index is -0.332. The Kier molecular flexibility index (Phi) is 5.67.